The van der Waals surface area contributed by atoms with Gasteiger partial charge in [0.25, 0.3) is 0 Å². The number of nitrogens with zero attached hydrogens (tertiary/aromatic N) is 1. The van der Waals surface area contributed by atoms with Crippen molar-refractivity contribution < 1.29 is 9.53 Å². The van der Waals surface area contributed by atoms with Crippen molar-refractivity contribution in [3.8, 4) is 0 Å². The summed E-state index contributed by atoms with van der Waals surface area (Å²) in [7, 11) is 1.62. The Labute approximate surface area is 81.1 Å². The van der Waals surface area contributed by atoms with Crippen molar-refractivity contribution in [1.29, 1.82) is 0 Å². The molecule has 0 aromatic rings. The fourth-order valence-electron chi connectivity index (χ4n) is 1.53. The summed E-state index contributed by atoms with van der Waals surface area (Å²) < 4.78 is 5.15. The number of methoxy groups -OCH3 is 1. The normalized spacial score (nSPS) is 37.8. The van der Waals surface area contributed by atoms with Gasteiger partial charge < -0.3 is 10.5 Å². The summed E-state index contributed by atoms with van der Waals surface area (Å²) in [5.41, 5.74) is 5.64. The van der Waals surface area contributed by atoms with Gasteiger partial charge in [0, 0.05) is 6.20 Å². The van der Waals surface area contributed by atoms with Gasteiger partial charge in [-0.15, -0.1) is 11.8 Å². The number of carbonyl (C=O) groups excluding carboxylic acids is 1. The predicted octanol–water partition coefficient (Wildman–Crippen LogP) is 0.105. The molecule has 1 fully saturated rings. The van der Waals surface area contributed by atoms with Crippen molar-refractivity contribution in [3.63, 3.8) is 0 Å². The second-order valence-corrected chi connectivity index (χ2v) is 4.64. The minimum absolute atomic E-state index is 0.0149. The molecule has 72 valence electrons. The third-order valence-electron chi connectivity index (χ3n) is 2.37. The van der Waals surface area contributed by atoms with Crippen LogP contribution in [-0.2, 0) is 9.53 Å². The van der Waals surface area contributed by atoms with Gasteiger partial charge in [-0.25, -0.2) is 0 Å². The summed E-state index contributed by atoms with van der Waals surface area (Å²) in [5, 5.41) is 0.395. The lowest BCUT2D eigenvalue weighted by atomic mass is 10.1. The van der Waals surface area contributed by atoms with Crippen molar-refractivity contribution in [2.75, 3.05) is 7.11 Å². The molecule has 2 rings (SSSR count). The van der Waals surface area contributed by atoms with Crippen LogP contribution < -0.4 is 5.73 Å². The molecule has 4 nitrogen and oxygen atoms in total. The van der Waals surface area contributed by atoms with Gasteiger partial charge in [-0.05, 0) is 6.92 Å². The van der Waals surface area contributed by atoms with E-state index in [1.165, 1.54) is 0 Å². The Bertz CT molecular complexity index is 279. The first kappa shape index (κ1) is 8.90. The molecule has 1 amide bonds. The van der Waals surface area contributed by atoms with Gasteiger partial charge in [-0.3, -0.25) is 9.69 Å². The fraction of sp³-hybridized carbons (Fsp3) is 0.625. The third-order valence-corrected chi connectivity index (χ3v) is 3.81. The molecular weight excluding hydrogens is 188 g/mol. The number of ether oxygens (including phenoxy) is 1. The van der Waals surface area contributed by atoms with E-state index in [1.54, 1.807) is 30.0 Å². The lowest BCUT2D eigenvalue weighted by Crippen LogP contribution is -2.66. The summed E-state index contributed by atoms with van der Waals surface area (Å²) >= 11 is 1.67. The first-order chi connectivity index (χ1) is 6.15. The van der Waals surface area contributed by atoms with E-state index >= 15 is 0 Å². The third kappa shape index (κ3) is 1.14. The SMILES string of the molecule is COC1=CN2C(=O)[C@@H](N)[C@H]2SC1C. The minimum Gasteiger partial charge on any atom is -0.498 e. The average molecular weight is 200 g/mol. The molecule has 1 unspecified atom stereocenters. The molecule has 0 saturated carbocycles. The van der Waals surface area contributed by atoms with Crippen LogP contribution in [-0.4, -0.2) is 34.6 Å². The molecule has 2 heterocycles. The highest BCUT2D eigenvalue weighted by Crippen LogP contribution is 2.39. The van der Waals surface area contributed by atoms with E-state index < -0.39 is 0 Å². The first-order valence-corrected chi connectivity index (χ1v) is 5.08. The number of nitrogens with two attached hydrogens (primary N) is 1. The summed E-state index contributed by atoms with van der Waals surface area (Å²) in [6, 6.07) is -0.331. The van der Waals surface area contributed by atoms with E-state index in [-0.39, 0.29) is 22.6 Å². The predicted molar refractivity (Wildman–Crippen MR) is 50.8 cm³/mol. The van der Waals surface area contributed by atoms with Gasteiger partial charge in [0.1, 0.15) is 17.2 Å². The van der Waals surface area contributed by atoms with E-state index in [0.717, 1.165) is 5.76 Å². The zero-order chi connectivity index (χ0) is 9.59. The van der Waals surface area contributed by atoms with Crippen LogP contribution in [0.1, 0.15) is 6.92 Å². The average Bonchev–Trinajstić information content (AvgIpc) is 2.16. The van der Waals surface area contributed by atoms with Crippen LogP contribution in [0.5, 0.6) is 0 Å². The molecule has 13 heavy (non-hydrogen) atoms. The van der Waals surface area contributed by atoms with E-state index in [2.05, 4.69) is 0 Å². The number of fused-ring (bicyclic) bond motifs is 1. The Morgan fingerprint density at radius 3 is 3.00 bits per heavy atom. The largest absolute Gasteiger partial charge is 0.498 e. The number of rotatable bonds is 1. The Balaban J connectivity index is 2.20. The van der Waals surface area contributed by atoms with E-state index in [4.69, 9.17) is 10.5 Å². The first-order valence-electron chi connectivity index (χ1n) is 4.14. The van der Waals surface area contributed by atoms with E-state index in [9.17, 15) is 4.79 Å². The van der Waals surface area contributed by atoms with Gasteiger partial charge in [0.05, 0.1) is 12.4 Å². The van der Waals surface area contributed by atoms with Crippen molar-refractivity contribution in [1.82, 2.24) is 4.90 Å². The molecule has 0 aromatic carbocycles. The van der Waals surface area contributed by atoms with Crippen molar-refractivity contribution in [2.45, 2.75) is 23.6 Å². The van der Waals surface area contributed by atoms with Gasteiger partial charge in [-0.2, -0.15) is 0 Å². The van der Waals surface area contributed by atoms with Crippen LogP contribution >= 0.6 is 11.8 Å². The van der Waals surface area contributed by atoms with E-state index in [0.29, 0.717) is 0 Å². The molecule has 0 bridgehead atoms. The fourth-order valence-corrected chi connectivity index (χ4v) is 2.83. The van der Waals surface area contributed by atoms with Crippen LogP contribution in [0.25, 0.3) is 0 Å². The highest BCUT2D eigenvalue weighted by atomic mass is 32.2. The molecule has 0 spiro atoms. The molecular formula is C8H12N2O2S. The van der Waals surface area contributed by atoms with Crippen LogP contribution in [0, 0.1) is 0 Å². The second-order valence-electron chi connectivity index (χ2n) is 3.18. The van der Waals surface area contributed by atoms with Crippen molar-refractivity contribution in [2.24, 2.45) is 5.73 Å². The zero-order valence-electron chi connectivity index (χ0n) is 7.56. The number of β-lactam (4-membered cyclic amide) rings is 1. The lowest BCUT2D eigenvalue weighted by Gasteiger charge is -2.46. The smallest absolute Gasteiger partial charge is 0.247 e. The maximum Gasteiger partial charge on any atom is 0.247 e. The van der Waals surface area contributed by atoms with Crippen molar-refractivity contribution in [3.05, 3.63) is 12.0 Å². The molecule has 2 aliphatic rings. The van der Waals surface area contributed by atoms with E-state index in [1.807, 2.05) is 6.92 Å². The number of carbonyl (C=O) groups is 1. The van der Waals surface area contributed by atoms with Gasteiger partial charge in [-0.1, -0.05) is 0 Å². The van der Waals surface area contributed by atoms with Crippen LogP contribution in [0.15, 0.2) is 12.0 Å². The number of hydrogen-bond donors (Lipinski definition) is 1. The maximum atomic E-state index is 11.3. The molecule has 5 heteroatoms. The van der Waals surface area contributed by atoms with Gasteiger partial charge in [0.2, 0.25) is 5.91 Å². The second kappa shape index (κ2) is 2.92. The standard InChI is InChI=1S/C8H12N2O2S/c1-4-5(12-2)3-10-7(11)6(9)8(10)13-4/h3-4,6,8H,9H2,1-2H3/t4?,6-,8-/m1/s1. The number of amides is 1. The molecule has 0 aliphatic carbocycles. The Hall–Kier alpha value is -0.680. The Morgan fingerprint density at radius 2 is 2.38 bits per heavy atom. The summed E-state index contributed by atoms with van der Waals surface area (Å²) in [6.07, 6.45) is 1.76. The summed E-state index contributed by atoms with van der Waals surface area (Å²) in [4.78, 5) is 12.9. The topological polar surface area (TPSA) is 55.6 Å². The molecule has 3 atom stereocenters. The molecule has 2 aliphatic heterocycles. The Kier molecular flexibility index (Phi) is 2.00. The Morgan fingerprint density at radius 1 is 1.69 bits per heavy atom. The molecule has 0 radical (unpaired) electrons. The van der Waals surface area contributed by atoms with Crippen LogP contribution in [0.3, 0.4) is 0 Å². The maximum absolute atomic E-state index is 11.3. The van der Waals surface area contributed by atoms with Crippen LogP contribution in [0.4, 0.5) is 0 Å². The quantitative estimate of drug-likeness (QED) is 0.610. The highest BCUT2D eigenvalue weighted by molar-refractivity contribution is 8.00. The van der Waals surface area contributed by atoms with Gasteiger partial charge >= 0.3 is 0 Å². The highest BCUT2D eigenvalue weighted by Gasteiger charge is 2.48. The number of thioether (sulfide) groups is 1. The van der Waals surface area contributed by atoms with Crippen molar-refractivity contribution >= 4 is 17.7 Å². The molecule has 0 aromatic heterocycles. The summed E-state index contributed by atoms with van der Waals surface area (Å²) in [6.45, 7) is 2.05. The summed E-state index contributed by atoms with van der Waals surface area (Å²) in [5.74, 6) is 0.820. The monoisotopic (exact) mass is 200 g/mol. The van der Waals surface area contributed by atoms with Crippen LogP contribution in [0.2, 0.25) is 0 Å². The number of hydrogen-bond acceptors (Lipinski definition) is 4. The zero-order valence-corrected chi connectivity index (χ0v) is 8.38. The minimum atomic E-state index is -0.331. The molecule has 1 saturated heterocycles. The molecule has 2 N–H and O–H groups in total. The lowest BCUT2D eigenvalue weighted by molar-refractivity contribution is -0.140. The van der Waals surface area contributed by atoms with Gasteiger partial charge in [0.15, 0.2) is 0 Å².